The number of nitrogens with zero attached hydrogens (tertiary/aromatic N) is 1. The fourth-order valence-corrected chi connectivity index (χ4v) is 3.37. The third-order valence-electron chi connectivity index (χ3n) is 2.60. The summed E-state index contributed by atoms with van der Waals surface area (Å²) in [4.78, 5) is -0.164. The zero-order valence-corrected chi connectivity index (χ0v) is 11.1. The fourth-order valence-electron chi connectivity index (χ4n) is 1.66. The van der Waals surface area contributed by atoms with Crippen molar-refractivity contribution in [3.05, 3.63) is 29.3 Å². The van der Waals surface area contributed by atoms with Crippen LogP contribution in [-0.4, -0.2) is 20.3 Å². The number of benzene rings is 1. The second-order valence-corrected chi connectivity index (χ2v) is 6.28. The lowest BCUT2D eigenvalue weighted by Gasteiger charge is -2.14. The minimum absolute atomic E-state index is 0.164. The Hall–Kier alpha value is -1.55. The van der Waals surface area contributed by atoms with Crippen molar-refractivity contribution in [2.24, 2.45) is 5.92 Å². The first-order valence-corrected chi connectivity index (χ1v) is 6.99. The Labute approximate surface area is 109 Å². The molecule has 1 aromatic carbocycles. The van der Waals surface area contributed by atoms with Gasteiger partial charge in [0.1, 0.15) is 0 Å². The van der Waals surface area contributed by atoms with E-state index < -0.39 is 27.7 Å². The zero-order valence-electron chi connectivity index (χ0n) is 10.3. The van der Waals surface area contributed by atoms with E-state index in [0.717, 1.165) is 11.6 Å². The van der Waals surface area contributed by atoms with Crippen LogP contribution in [0.1, 0.15) is 11.1 Å². The van der Waals surface area contributed by atoms with Gasteiger partial charge < -0.3 is 0 Å². The van der Waals surface area contributed by atoms with E-state index >= 15 is 0 Å². The molecule has 0 spiro atoms. The summed E-state index contributed by atoms with van der Waals surface area (Å²) in [7, 11) is -4.14. The van der Waals surface area contributed by atoms with Gasteiger partial charge in [-0.05, 0) is 25.5 Å². The second kappa shape index (κ2) is 5.21. The van der Waals surface area contributed by atoms with Crippen molar-refractivity contribution in [2.75, 3.05) is 5.75 Å². The monoisotopic (exact) mass is 291 g/mol. The smallest absolute Gasteiger partial charge is 0.224 e. The molecule has 0 aliphatic rings. The lowest BCUT2D eigenvalue weighted by Crippen LogP contribution is -2.29. The number of nitriles is 1. The van der Waals surface area contributed by atoms with Gasteiger partial charge in [-0.1, -0.05) is 17.7 Å². The maximum absolute atomic E-state index is 12.4. The Morgan fingerprint density at radius 1 is 1.32 bits per heavy atom. The molecule has 0 aromatic heterocycles. The SMILES string of the molecule is Cc1ccc(S(=O)(=O)CC(C#N)C(F)(F)F)c(C)c1. The average Bonchev–Trinajstić information content (AvgIpc) is 2.23. The molecule has 0 saturated carbocycles. The molecule has 0 aliphatic heterocycles. The van der Waals surface area contributed by atoms with Crippen LogP contribution in [0.3, 0.4) is 0 Å². The van der Waals surface area contributed by atoms with Gasteiger partial charge in [-0.25, -0.2) is 8.42 Å². The molecule has 7 heteroatoms. The molecular weight excluding hydrogens is 279 g/mol. The Morgan fingerprint density at radius 3 is 2.32 bits per heavy atom. The highest BCUT2D eigenvalue weighted by Gasteiger charge is 2.43. The van der Waals surface area contributed by atoms with Gasteiger partial charge in [0, 0.05) is 0 Å². The van der Waals surface area contributed by atoms with Crippen molar-refractivity contribution < 1.29 is 21.6 Å². The van der Waals surface area contributed by atoms with E-state index in [-0.39, 0.29) is 4.90 Å². The topological polar surface area (TPSA) is 57.9 Å². The Kier molecular flexibility index (Phi) is 4.25. The van der Waals surface area contributed by atoms with Crippen molar-refractivity contribution in [3.63, 3.8) is 0 Å². The Balaban J connectivity index is 3.16. The summed E-state index contributed by atoms with van der Waals surface area (Å²) >= 11 is 0. The molecule has 0 heterocycles. The van der Waals surface area contributed by atoms with Crippen LogP contribution < -0.4 is 0 Å². The summed E-state index contributed by atoms with van der Waals surface area (Å²) in [6.07, 6.45) is -4.85. The first-order chi connectivity index (χ1) is 8.58. The molecule has 3 nitrogen and oxygen atoms in total. The summed E-state index contributed by atoms with van der Waals surface area (Å²) in [5.74, 6) is -3.77. The number of aryl methyl sites for hydroxylation is 2. The second-order valence-electron chi connectivity index (χ2n) is 4.27. The molecule has 0 aliphatic carbocycles. The fraction of sp³-hybridized carbons (Fsp3) is 0.417. The molecule has 0 radical (unpaired) electrons. The van der Waals surface area contributed by atoms with Crippen molar-refractivity contribution >= 4 is 9.84 Å². The molecule has 0 saturated heterocycles. The first kappa shape index (κ1) is 15.5. The highest BCUT2D eigenvalue weighted by molar-refractivity contribution is 7.91. The molecule has 104 valence electrons. The van der Waals surface area contributed by atoms with Gasteiger partial charge in [0.2, 0.25) is 0 Å². The van der Waals surface area contributed by atoms with E-state index in [2.05, 4.69) is 0 Å². The lowest BCUT2D eigenvalue weighted by molar-refractivity contribution is -0.153. The quantitative estimate of drug-likeness (QED) is 0.860. The molecule has 1 unspecified atom stereocenters. The van der Waals surface area contributed by atoms with Gasteiger partial charge in [-0.2, -0.15) is 18.4 Å². The third-order valence-corrected chi connectivity index (χ3v) is 4.50. The van der Waals surface area contributed by atoms with E-state index in [0.29, 0.717) is 5.56 Å². The van der Waals surface area contributed by atoms with Gasteiger partial charge in [0.25, 0.3) is 0 Å². The maximum Gasteiger partial charge on any atom is 0.405 e. The number of rotatable bonds is 3. The van der Waals surface area contributed by atoms with Gasteiger partial charge in [0.15, 0.2) is 15.8 Å². The normalized spacial score (nSPS) is 13.9. The summed E-state index contributed by atoms with van der Waals surface area (Å²) < 4.78 is 61.2. The third kappa shape index (κ3) is 3.70. The molecule has 1 aromatic rings. The highest BCUT2D eigenvalue weighted by atomic mass is 32.2. The van der Waals surface area contributed by atoms with Crippen LogP contribution in [0.5, 0.6) is 0 Å². The van der Waals surface area contributed by atoms with E-state index in [1.54, 1.807) is 13.0 Å². The summed E-state index contributed by atoms with van der Waals surface area (Å²) in [5, 5.41) is 8.45. The van der Waals surface area contributed by atoms with Crippen LogP contribution >= 0.6 is 0 Å². The van der Waals surface area contributed by atoms with Crippen LogP contribution in [0.4, 0.5) is 13.2 Å². The summed E-state index contributed by atoms with van der Waals surface area (Å²) in [6, 6.07) is 5.34. The summed E-state index contributed by atoms with van der Waals surface area (Å²) in [6.45, 7) is 3.26. The predicted molar refractivity (Wildman–Crippen MR) is 63.1 cm³/mol. The van der Waals surface area contributed by atoms with E-state index in [9.17, 15) is 21.6 Å². The minimum Gasteiger partial charge on any atom is -0.224 e. The molecule has 0 fully saturated rings. The van der Waals surface area contributed by atoms with Crippen LogP contribution in [0.25, 0.3) is 0 Å². The highest BCUT2D eigenvalue weighted by Crippen LogP contribution is 2.29. The van der Waals surface area contributed by atoms with Crippen LogP contribution in [0.15, 0.2) is 23.1 Å². The van der Waals surface area contributed by atoms with Crippen LogP contribution in [0, 0.1) is 31.1 Å². The van der Waals surface area contributed by atoms with Crippen molar-refractivity contribution in [1.29, 1.82) is 5.26 Å². The lowest BCUT2D eigenvalue weighted by atomic mass is 10.2. The predicted octanol–water partition coefficient (Wildman–Crippen LogP) is 2.78. The molecular formula is C12H12F3NO2S. The Morgan fingerprint density at radius 2 is 1.89 bits per heavy atom. The number of alkyl halides is 3. The molecule has 1 atom stereocenters. The van der Waals surface area contributed by atoms with Crippen molar-refractivity contribution in [2.45, 2.75) is 24.9 Å². The average molecular weight is 291 g/mol. The number of sulfone groups is 1. The minimum atomic E-state index is -4.85. The number of hydrogen-bond acceptors (Lipinski definition) is 3. The molecule has 0 bridgehead atoms. The van der Waals surface area contributed by atoms with E-state index in [1.807, 2.05) is 0 Å². The molecule has 0 amide bonds. The Bertz CT molecular complexity index is 615. The van der Waals surface area contributed by atoms with E-state index in [4.69, 9.17) is 5.26 Å². The van der Waals surface area contributed by atoms with Crippen LogP contribution in [-0.2, 0) is 9.84 Å². The van der Waals surface area contributed by atoms with Gasteiger partial charge >= 0.3 is 6.18 Å². The van der Waals surface area contributed by atoms with Crippen molar-refractivity contribution in [3.8, 4) is 6.07 Å². The number of halogens is 3. The van der Waals surface area contributed by atoms with Gasteiger partial charge in [-0.3, -0.25) is 0 Å². The zero-order chi connectivity index (χ0) is 14.8. The summed E-state index contributed by atoms with van der Waals surface area (Å²) in [5.41, 5.74) is 1.18. The maximum atomic E-state index is 12.4. The van der Waals surface area contributed by atoms with Gasteiger partial charge in [-0.15, -0.1) is 0 Å². The van der Waals surface area contributed by atoms with Crippen LogP contribution in [0.2, 0.25) is 0 Å². The van der Waals surface area contributed by atoms with E-state index in [1.165, 1.54) is 19.1 Å². The molecule has 0 N–H and O–H groups in total. The largest absolute Gasteiger partial charge is 0.405 e. The van der Waals surface area contributed by atoms with Crippen molar-refractivity contribution in [1.82, 2.24) is 0 Å². The first-order valence-electron chi connectivity index (χ1n) is 5.34. The van der Waals surface area contributed by atoms with Gasteiger partial charge in [0.05, 0.1) is 16.7 Å². The standard InChI is InChI=1S/C12H12F3NO2S/c1-8-3-4-11(9(2)5-8)19(17,18)7-10(6-16)12(13,14)15/h3-5,10H,7H2,1-2H3. The molecule has 1 rings (SSSR count). The number of hydrogen-bond donors (Lipinski definition) is 0. The molecule has 19 heavy (non-hydrogen) atoms.